The van der Waals surface area contributed by atoms with Crippen LogP contribution in [0.5, 0.6) is 5.75 Å². The lowest BCUT2D eigenvalue weighted by molar-refractivity contribution is 0.174. The lowest BCUT2D eigenvalue weighted by Gasteiger charge is -2.14. The number of para-hydroxylation sites is 1. The predicted octanol–water partition coefficient (Wildman–Crippen LogP) is 3.31. The van der Waals surface area contributed by atoms with Gasteiger partial charge in [0, 0.05) is 18.7 Å². The van der Waals surface area contributed by atoms with E-state index in [9.17, 15) is 9.50 Å². The molecule has 0 heterocycles. The number of hydrogen-bond donors (Lipinski definition) is 2. The number of benzene rings is 2. The van der Waals surface area contributed by atoms with Crippen LogP contribution in [0.4, 0.5) is 4.39 Å². The van der Waals surface area contributed by atoms with Gasteiger partial charge < -0.3 is 15.2 Å². The van der Waals surface area contributed by atoms with Crippen LogP contribution in [0.3, 0.4) is 0 Å². The SMILES string of the molecule is COc1ccccc1CNCC(O)c1ccc(Cl)c(F)c1. The molecule has 0 aliphatic heterocycles. The van der Waals surface area contributed by atoms with Crippen molar-refractivity contribution in [2.75, 3.05) is 13.7 Å². The summed E-state index contributed by atoms with van der Waals surface area (Å²) in [5.74, 6) is 0.259. The third-order valence-electron chi connectivity index (χ3n) is 3.17. The largest absolute Gasteiger partial charge is 0.496 e. The van der Waals surface area contributed by atoms with Gasteiger partial charge in [0.05, 0.1) is 18.2 Å². The van der Waals surface area contributed by atoms with Crippen molar-refractivity contribution in [1.29, 1.82) is 0 Å². The second-order valence-electron chi connectivity index (χ2n) is 4.63. The van der Waals surface area contributed by atoms with Gasteiger partial charge in [-0.1, -0.05) is 35.9 Å². The lowest BCUT2D eigenvalue weighted by atomic mass is 10.1. The molecule has 0 aromatic heterocycles. The van der Waals surface area contributed by atoms with Crippen molar-refractivity contribution in [1.82, 2.24) is 5.32 Å². The van der Waals surface area contributed by atoms with Crippen molar-refractivity contribution in [2.24, 2.45) is 0 Å². The van der Waals surface area contributed by atoms with E-state index in [-0.39, 0.29) is 5.02 Å². The first kappa shape index (κ1) is 15.8. The van der Waals surface area contributed by atoms with Crippen LogP contribution in [-0.2, 0) is 6.54 Å². The first-order valence-electron chi connectivity index (χ1n) is 6.57. The molecule has 0 amide bonds. The van der Waals surface area contributed by atoms with Gasteiger partial charge in [-0.15, -0.1) is 0 Å². The molecule has 2 aromatic rings. The van der Waals surface area contributed by atoms with Gasteiger partial charge in [0.1, 0.15) is 11.6 Å². The van der Waals surface area contributed by atoms with E-state index in [2.05, 4.69) is 5.32 Å². The monoisotopic (exact) mass is 309 g/mol. The molecule has 0 saturated heterocycles. The second kappa shape index (κ2) is 7.41. The van der Waals surface area contributed by atoms with Gasteiger partial charge in [0.25, 0.3) is 0 Å². The highest BCUT2D eigenvalue weighted by molar-refractivity contribution is 6.30. The van der Waals surface area contributed by atoms with E-state index in [1.165, 1.54) is 12.1 Å². The molecule has 1 atom stereocenters. The molecule has 5 heteroatoms. The van der Waals surface area contributed by atoms with Crippen LogP contribution in [0.1, 0.15) is 17.2 Å². The summed E-state index contributed by atoms with van der Waals surface area (Å²) in [6, 6.07) is 11.9. The number of methoxy groups -OCH3 is 1. The molecule has 1 unspecified atom stereocenters. The maximum atomic E-state index is 13.3. The Morgan fingerprint density at radius 3 is 2.76 bits per heavy atom. The van der Waals surface area contributed by atoms with Crippen molar-refractivity contribution < 1.29 is 14.2 Å². The van der Waals surface area contributed by atoms with Crippen LogP contribution in [-0.4, -0.2) is 18.8 Å². The van der Waals surface area contributed by atoms with Gasteiger partial charge in [-0.3, -0.25) is 0 Å². The molecule has 21 heavy (non-hydrogen) atoms. The summed E-state index contributed by atoms with van der Waals surface area (Å²) >= 11 is 5.62. The Labute approximate surface area is 128 Å². The van der Waals surface area contributed by atoms with Crippen LogP contribution in [0.15, 0.2) is 42.5 Å². The summed E-state index contributed by atoms with van der Waals surface area (Å²) in [6.45, 7) is 0.857. The maximum absolute atomic E-state index is 13.3. The first-order chi connectivity index (χ1) is 10.1. The average molecular weight is 310 g/mol. The summed E-state index contributed by atoms with van der Waals surface area (Å²) in [4.78, 5) is 0. The molecule has 112 valence electrons. The molecule has 0 aliphatic rings. The van der Waals surface area contributed by atoms with Crippen molar-refractivity contribution in [2.45, 2.75) is 12.6 Å². The van der Waals surface area contributed by atoms with E-state index in [1.54, 1.807) is 13.2 Å². The third-order valence-corrected chi connectivity index (χ3v) is 3.48. The minimum atomic E-state index is -0.800. The lowest BCUT2D eigenvalue weighted by Crippen LogP contribution is -2.21. The van der Waals surface area contributed by atoms with Crippen molar-refractivity contribution in [3.63, 3.8) is 0 Å². The minimum absolute atomic E-state index is 0.0490. The smallest absolute Gasteiger partial charge is 0.142 e. The molecular weight excluding hydrogens is 293 g/mol. The molecule has 0 radical (unpaired) electrons. The summed E-state index contributed by atoms with van der Waals surface area (Å²) in [5.41, 5.74) is 1.49. The van der Waals surface area contributed by atoms with E-state index < -0.39 is 11.9 Å². The highest BCUT2D eigenvalue weighted by Crippen LogP contribution is 2.20. The van der Waals surface area contributed by atoms with Gasteiger partial charge in [-0.2, -0.15) is 0 Å². The Morgan fingerprint density at radius 1 is 1.29 bits per heavy atom. The quantitative estimate of drug-likeness (QED) is 0.860. The van der Waals surface area contributed by atoms with Crippen molar-refractivity contribution in [3.8, 4) is 5.75 Å². The normalized spacial score (nSPS) is 12.2. The first-order valence-corrected chi connectivity index (χ1v) is 6.95. The molecule has 2 aromatic carbocycles. The fourth-order valence-corrected chi connectivity index (χ4v) is 2.15. The Balaban J connectivity index is 1.92. The molecule has 0 fully saturated rings. The number of rotatable bonds is 6. The Kier molecular flexibility index (Phi) is 5.56. The summed E-state index contributed by atoms with van der Waals surface area (Å²) < 4.78 is 18.6. The topological polar surface area (TPSA) is 41.5 Å². The zero-order chi connectivity index (χ0) is 15.2. The molecule has 3 nitrogen and oxygen atoms in total. The molecular formula is C16H17ClFNO2. The molecule has 0 spiro atoms. The molecule has 0 aliphatic carbocycles. The molecule has 2 rings (SSSR count). The number of hydrogen-bond acceptors (Lipinski definition) is 3. The standard InChI is InChI=1S/C16H17ClFNO2/c1-21-16-5-3-2-4-12(16)9-19-10-15(20)11-6-7-13(17)14(18)8-11/h2-8,15,19-20H,9-10H2,1H3. The van der Waals surface area contributed by atoms with Gasteiger partial charge in [0.2, 0.25) is 0 Å². The number of nitrogens with one attached hydrogen (secondary N) is 1. The van der Waals surface area contributed by atoms with Gasteiger partial charge in [-0.05, 0) is 23.8 Å². The minimum Gasteiger partial charge on any atom is -0.496 e. The van der Waals surface area contributed by atoms with Crippen LogP contribution >= 0.6 is 11.6 Å². The summed E-state index contributed by atoms with van der Waals surface area (Å²) in [6.07, 6.45) is -0.800. The average Bonchev–Trinajstić information content (AvgIpc) is 2.50. The number of halogens is 2. The van der Waals surface area contributed by atoms with E-state index >= 15 is 0 Å². The Hall–Kier alpha value is -1.62. The highest BCUT2D eigenvalue weighted by Gasteiger charge is 2.10. The Bertz CT molecular complexity index is 607. The summed E-state index contributed by atoms with van der Waals surface area (Å²) in [7, 11) is 1.62. The van der Waals surface area contributed by atoms with Crippen LogP contribution < -0.4 is 10.1 Å². The predicted molar refractivity (Wildman–Crippen MR) is 81.1 cm³/mol. The summed E-state index contributed by atoms with van der Waals surface area (Å²) in [5, 5.41) is 13.2. The maximum Gasteiger partial charge on any atom is 0.142 e. The number of aliphatic hydroxyl groups excluding tert-OH is 1. The molecule has 0 bridgehead atoms. The van der Waals surface area contributed by atoms with E-state index in [4.69, 9.17) is 16.3 Å². The zero-order valence-electron chi connectivity index (χ0n) is 11.6. The second-order valence-corrected chi connectivity index (χ2v) is 5.04. The van der Waals surface area contributed by atoms with Crippen molar-refractivity contribution >= 4 is 11.6 Å². The number of aliphatic hydroxyl groups is 1. The Morgan fingerprint density at radius 2 is 2.05 bits per heavy atom. The van der Waals surface area contributed by atoms with Gasteiger partial charge in [-0.25, -0.2) is 4.39 Å². The van der Waals surface area contributed by atoms with E-state index in [0.717, 1.165) is 11.3 Å². The van der Waals surface area contributed by atoms with Gasteiger partial charge >= 0.3 is 0 Å². The zero-order valence-corrected chi connectivity index (χ0v) is 12.4. The fourth-order valence-electron chi connectivity index (χ4n) is 2.03. The number of ether oxygens (including phenoxy) is 1. The van der Waals surface area contributed by atoms with Gasteiger partial charge in [0.15, 0.2) is 0 Å². The van der Waals surface area contributed by atoms with Crippen LogP contribution in [0.25, 0.3) is 0 Å². The van der Waals surface area contributed by atoms with Crippen LogP contribution in [0.2, 0.25) is 5.02 Å². The van der Waals surface area contributed by atoms with E-state index in [0.29, 0.717) is 18.7 Å². The van der Waals surface area contributed by atoms with Crippen LogP contribution in [0, 0.1) is 5.82 Å². The third kappa shape index (κ3) is 4.17. The molecule has 2 N–H and O–H groups in total. The molecule has 0 saturated carbocycles. The highest BCUT2D eigenvalue weighted by atomic mass is 35.5. The van der Waals surface area contributed by atoms with Crippen molar-refractivity contribution in [3.05, 3.63) is 64.4 Å². The fraction of sp³-hybridized carbons (Fsp3) is 0.250. The van der Waals surface area contributed by atoms with E-state index in [1.807, 2.05) is 24.3 Å².